The van der Waals surface area contributed by atoms with Gasteiger partial charge in [-0.25, -0.2) is 0 Å². The first kappa shape index (κ1) is 17.3. The van der Waals surface area contributed by atoms with Crippen molar-refractivity contribution in [1.82, 2.24) is 10.6 Å². The van der Waals surface area contributed by atoms with Gasteiger partial charge in [0.25, 0.3) is 0 Å². The summed E-state index contributed by atoms with van der Waals surface area (Å²) in [6.45, 7) is 5.57. The van der Waals surface area contributed by atoms with Gasteiger partial charge >= 0.3 is 0 Å². The predicted octanol–water partition coefficient (Wildman–Crippen LogP) is 3.26. The Labute approximate surface area is 145 Å². The number of benzene rings is 1. The number of rotatable bonds is 7. The van der Waals surface area contributed by atoms with Gasteiger partial charge in [-0.3, -0.25) is 4.79 Å². The second-order valence-corrected chi connectivity index (χ2v) is 7.81. The third-order valence-electron chi connectivity index (χ3n) is 5.02. The van der Waals surface area contributed by atoms with Crippen LogP contribution in [0.4, 0.5) is 0 Å². The lowest BCUT2D eigenvalue weighted by atomic mass is 9.89. The van der Waals surface area contributed by atoms with E-state index in [-0.39, 0.29) is 5.91 Å². The van der Waals surface area contributed by atoms with E-state index in [2.05, 4.69) is 24.5 Å². The van der Waals surface area contributed by atoms with E-state index in [1.165, 1.54) is 12.8 Å². The van der Waals surface area contributed by atoms with Crippen LogP contribution in [0.15, 0.2) is 24.3 Å². The summed E-state index contributed by atoms with van der Waals surface area (Å²) in [4.78, 5) is 12.3. The van der Waals surface area contributed by atoms with Crippen molar-refractivity contribution >= 4 is 5.91 Å². The number of nitrogens with one attached hydrogen (secondary N) is 2. The van der Waals surface area contributed by atoms with E-state index >= 15 is 0 Å². The first-order chi connectivity index (χ1) is 11.6. The monoisotopic (exact) mass is 330 g/mol. The third-order valence-corrected chi connectivity index (χ3v) is 5.02. The number of amides is 1. The zero-order chi connectivity index (χ0) is 16.9. The molecule has 24 heavy (non-hydrogen) atoms. The Morgan fingerprint density at radius 1 is 1.29 bits per heavy atom. The van der Waals surface area contributed by atoms with E-state index in [4.69, 9.17) is 4.74 Å². The molecule has 2 aliphatic rings. The molecule has 2 saturated heterocycles. The first-order valence-electron chi connectivity index (χ1n) is 9.33. The summed E-state index contributed by atoms with van der Waals surface area (Å²) >= 11 is 0. The molecule has 0 saturated carbocycles. The molecule has 0 spiro atoms. The Kier molecular flexibility index (Phi) is 5.77. The summed E-state index contributed by atoms with van der Waals surface area (Å²) in [7, 11) is 0. The van der Waals surface area contributed by atoms with Crippen LogP contribution in [0, 0.1) is 11.8 Å². The first-order valence-corrected chi connectivity index (χ1v) is 9.33. The molecular formula is C20H30N2O2. The van der Waals surface area contributed by atoms with E-state index in [9.17, 15) is 4.79 Å². The number of hydrogen-bond donors (Lipinski definition) is 2. The smallest absolute Gasteiger partial charge is 0.220 e. The Balaban J connectivity index is 1.43. The number of hydrogen-bond acceptors (Lipinski definition) is 3. The van der Waals surface area contributed by atoms with E-state index in [0.717, 1.165) is 24.2 Å². The topological polar surface area (TPSA) is 50.4 Å². The Morgan fingerprint density at radius 3 is 2.75 bits per heavy atom. The Morgan fingerprint density at radius 2 is 2.04 bits per heavy atom. The maximum atomic E-state index is 12.3. The maximum Gasteiger partial charge on any atom is 0.220 e. The molecule has 3 rings (SSSR count). The van der Waals surface area contributed by atoms with E-state index in [1.54, 1.807) is 0 Å². The van der Waals surface area contributed by atoms with Crippen molar-refractivity contribution in [2.24, 2.45) is 11.8 Å². The summed E-state index contributed by atoms with van der Waals surface area (Å²) in [6, 6.07) is 9.31. The predicted molar refractivity (Wildman–Crippen MR) is 95.9 cm³/mol. The van der Waals surface area contributed by atoms with Crippen LogP contribution in [0.5, 0.6) is 5.75 Å². The normalized spacial score (nSPS) is 25.7. The van der Waals surface area contributed by atoms with Gasteiger partial charge in [-0.1, -0.05) is 26.0 Å². The molecule has 0 aliphatic carbocycles. The molecule has 2 N–H and O–H groups in total. The summed E-state index contributed by atoms with van der Waals surface area (Å²) in [5.41, 5.74) is 1.09. The third kappa shape index (κ3) is 4.97. The molecule has 4 nitrogen and oxygen atoms in total. The minimum atomic E-state index is 0.176. The fraction of sp³-hybridized carbons (Fsp3) is 0.650. The average Bonchev–Trinajstić information content (AvgIpc) is 2.90. The summed E-state index contributed by atoms with van der Waals surface area (Å²) in [6.07, 6.45) is 5.54. The zero-order valence-corrected chi connectivity index (χ0v) is 14.9. The molecule has 2 unspecified atom stereocenters. The van der Waals surface area contributed by atoms with Crippen molar-refractivity contribution in [1.29, 1.82) is 0 Å². The van der Waals surface area contributed by atoms with Gasteiger partial charge in [0, 0.05) is 25.0 Å². The van der Waals surface area contributed by atoms with E-state index in [0.29, 0.717) is 43.5 Å². The second kappa shape index (κ2) is 8.02. The van der Waals surface area contributed by atoms with Crippen molar-refractivity contribution in [2.45, 2.75) is 64.6 Å². The van der Waals surface area contributed by atoms with Crippen molar-refractivity contribution in [3.63, 3.8) is 0 Å². The van der Waals surface area contributed by atoms with Crippen LogP contribution in [0.1, 0.15) is 51.5 Å². The van der Waals surface area contributed by atoms with Crippen LogP contribution in [0.2, 0.25) is 0 Å². The fourth-order valence-electron chi connectivity index (χ4n) is 3.88. The lowest BCUT2D eigenvalue weighted by Gasteiger charge is -2.28. The lowest BCUT2D eigenvalue weighted by molar-refractivity contribution is -0.122. The summed E-state index contributed by atoms with van der Waals surface area (Å²) < 4.78 is 5.75. The Bertz CT molecular complexity index is 546. The van der Waals surface area contributed by atoms with Gasteiger partial charge < -0.3 is 15.4 Å². The molecule has 1 amide bonds. The van der Waals surface area contributed by atoms with Gasteiger partial charge in [0.05, 0.1) is 6.61 Å². The van der Waals surface area contributed by atoms with Gasteiger partial charge in [-0.15, -0.1) is 0 Å². The van der Waals surface area contributed by atoms with Crippen molar-refractivity contribution in [2.75, 3.05) is 6.61 Å². The van der Waals surface area contributed by atoms with E-state index < -0.39 is 0 Å². The maximum absolute atomic E-state index is 12.3. The molecule has 2 heterocycles. The van der Waals surface area contributed by atoms with Crippen molar-refractivity contribution < 1.29 is 9.53 Å². The summed E-state index contributed by atoms with van der Waals surface area (Å²) in [5, 5.41) is 6.71. The quantitative estimate of drug-likeness (QED) is 0.807. The molecule has 2 fully saturated rings. The Hall–Kier alpha value is -1.55. The average molecular weight is 330 g/mol. The summed E-state index contributed by atoms with van der Waals surface area (Å²) in [5.74, 6) is 2.11. The fourth-order valence-corrected chi connectivity index (χ4v) is 3.88. The van der Waals surface area contributed by atoms with Crippen LogP contribution >= 0.6 is 0 Å². The highest BCUT2D eigenvalue weighted by Crippen LogP contribution is 2.32. The zero-order valence-electron chi connectivity index (χ0n) is 14.9. The molecule has 0 aromatic heterocycles. The highest BCUT2D eigenvalue weighted by atomic mass is 16.5. The molecule has 2 atom stereocenters. The van der Waals surface area contributed by atoms with Crippen molar-refractivity contribution in [3.8, 4) is 5.75 Å². The number of piperidine rings is 1. The minimum Gasteiger partial charge on any atom is -0.493 e. The molecule has 2 aliphatic heterocycles. The molecule has 132 valence electrons. The largest absolute Gasteiger partial charge is 0.493 e. The van der Waals surface area contributed by atoms with Gasteiger partial charge in [0.1, 0.15) is 5.75 Å². The number of carbonyl (C=O) groups is 1. The number of carbonyl (C=O) groups excluding carboxylic acids is 1. The SMILES string of the molecule is CC(C)COc1cccc(CNC(=O)CC2CC3CCC(C2)N3)c1. The number of ether oxygens (including phenoxy) is 1. The van der Waals surface area contributed by atoms with Gasteiger partial charge in [0.15, 0.2) is 0 Å². The van der Waals surface area contributed by atoms with Crippen LogP contribution in [0.25, 0.3) is 0 Å². The van der Waals surface area contributed by atoms with Gasteiger partial charge in [0.2, 0.25) is 5.91 Å². The highest BCUT2D eigenvalue weighted by Gasteiger charge is 2.34. The van der Waals surface area contributed by atoms with Crippen molar-refractivity contribution in [3.05, 3.63) is 29.8 Å². The minimum absolute atomic E-state index is 0.176. The highest BCUT2D eigenvalue weighted by molar-refractivity contribution is 5.76. The van der Waals surface area contributed by atoms with Crippen LogP contribution in [0.3, 0.4) is 0 Å². The molecular weight excluding hydrogens is 300 g/mol. The van der Waals surface area contributed by atoms with Crippen LogP contribution < -0.4 is 15.4 Å². The number of fused-ring (bicyclic) bond motifs is 2. The second-order valence-electron chi connectivity index (χ2n) is 7.81. The standard InChI is InChI=1S/C20H30N2O2/c1-14(2)13-24-19-5-3-4-15(10-19)12-21-20(23)11-16-8-17-6-7-18(9-16)22-17/h3-5,10,14,16-18,22H,6-9,11-13H2,1-2H3,(H,21,23). The molecule has 0 radical (unpaired) electrons. The molecule has 2 bridgehead atoms. The lowest BCUT2D eigenvalue weighted by Crippen LogP contribution is -2.39. The van der Waals surface area contributed by atoms with Gasteiger partial charge in [-0.05, 0) is 55.2 Å². The van der Waals surface area contributed by atoms with Gasteiger partial charge in [-0.2, -0.15) is 0 Å². The van der Waals surface area contributed by atoms with E-state index in [1.807, 2.05) is 24.3 Å². The van der Waals surface area contributed by atoms with Crippen LogP contribution in [-0.4, -0.2) is 24.6 Å². The molecule has 4 heteroatoms. The molecule has 1 aromatic rings. The van der Waals surface area contributed by atoms with Crippen LogP contribution in [-0.2, 0) is 11.3 Å². The molecule has 1 aromatic carbocycles.